The standard InChI is InChI=1S/C14H10F2O2/c15-10-6-7-11(12(16)8-10)13(14(17)18)9-4-2-1-3-5-9/h1-8,13H,(H,17,18). The fourth-order valence-corrected chi connectivity index (χ4v) is 1.84. The van der Waals surface area contributed by atoms with Crippen molar-refractivity contribution >= 4 is 5.97 Å². The van der Waals surface area contributed by atoms with Gasteiger partial charge in [0.15, 0.2) is 0 Å². The first-order valence-electron chi connectivity index (χ1n) is 5.32. The van der Waals surface area contributed by atoms with E-state index in [1.165, 1.54) is 0 Å². The Morgan fingerprint density at radius 1 is 1.06 bits per heavy atom. The Labute approximate surface area is 103 Å². The van der Waals surface area contributed by atoms with Crippen LogP contribution in [-0.2, 0) is 4.79 Å². The van der Waals surface area contributed by atoms with Gasteiger partial charge in [-0.25, -0.2) is 8.78 Å². The molecule has 1 unspecified atom stereocenters. The zero-order valence-electron chi connectivity index (χ0n) is 9.31. The first-order valence-corrected chi connectivity index (χ1v) is 5.32. The van der Waals surface area contributed by atoms with Crippen LogP contribution in [0, 0.1) is 11.6 Å². The summed E-state index contributed by atoms with van der Waals surface area (Å²) in [5.74, 6) is -3.89. The topological polar surface area (TPSA) is 37.3 Å². The highest BCUT2D eigenvalue weighted by atomic mass is 19.1. The summed E-state index contributed by atoms with van der Waals surface area (Å²) in [4.78, 5) is 11.3. The van der Waals surface area contributed by atoms with Crippen LogP contribution in [0.5, 0.6) is 0 Å². The summed E-state index contributed by atoms with van der Waals surface area (Å²) in [6.07, 6.45) is 0. The molecule has 0 radical (unpaired) electrons. The average molecular weight is 248 g/mol. The summed E-state index contributed by atoms with van der Waals surface area (Å²) < 4.78 is 26.5. The smallest absolute Gasteiger partial charge is 0.315 e. The molecule has 4 heteroatoms. The van der Waals surface area contributed by atoms with Crippen molar-refractivity contribution in [3.63, 3.8) is 0 Å². The van der Waals surface area contributed by atoms with Gasteiger partial charge in [-0.2, -0.15) is 0 Å². The van der Waals surface area contributed by atoms with Crippen molar-refractivity contribution < 1.29 is 18.7 Å². The lowest BCUT2D eigenvalue weighted by molar-refractivity contribution is -0.137. The second-order valence-electron chi connectivity index (χ2n) is 3.85. The van der Waals surface area contributed by atoms with E-state index in [0.717, 1.165) is 12.1 Å². The number of benzene rings is 2. The normalized spacial score (nSPS) is 12.1. The minimum atomic E-state index is -1.17. The van der Waals surface area contributed by atoms with Gasteiger partial charge in [-0.15, -0.1) is 0 Å². The Bertz CT molecular complexity index is 567. The van der Waals surface area contributed by atoms with Gasteiger partial charge in [0.05, 0.1) is 0 Å². The van der Waals surface area contributed by atoms with E-state index >= 15 is 0 Å². The van der Waals surface area contributed by atoms with E-state index in [-0.39, 0.29) is 5.56 Å². The molecule has 0 aliphatic rings. The molecule has 0 bridgehead atoms. The number of hydrogen-bond donors (Lipinski definition) is 1. The van der Waals surface area contributed by atoms with Crippen molar-refractivity contribution in [1.29, 1.82) is 0 Å². The van der Waals surface area contributed by atoms with Crippen molar-refractivity contribution in [2.24, 2.45) is 0 Å². The van der Waals surface area contributed by atoms with Crippen molar-refractivity contribution in [1.82, 2.24) is 0 Å². The lowest BCUT2D eigenvalue weighted by Crippen LogP contribution is -2.14. The summed E-state index contributed by atoms with van der Waals surface area (Å²) in [6.45, 7) is 0. The largest absolute Gasteiger partial charge is 0.481 e. The summed E-state index contributed by atoms with van der Waals surface area (Å²) >= 11 is 0. The van der Waals surface area contributed by atoms with Crippen molar-refractivity contribution in [3.8, 4) is 0 Å². The van der Waals surface area contributed by atoms with E-state index in [1.54, 1.807) is 30.3 Å². The Balaban J connectivity index is 2.52. The molecule has 92 valence electrons. The predicted molar refractivity (Wildman–Crippen MR) is 62.3 cm³/mol. The molecule has 1 N–H and O–H groups in total. The number of halogens is 2. The molecule has 2 aromatic carbocycles. The van der Waals surface area contributed by atoms with Crippen LogP contribution < -0.4 is 0 Å². The van der Waals surface area contributed by atoms with Gasteiger partial charge >= 0.3 is 5.97 Å². The molecule has 0 amide bonds. The summed E-state index contributed by atoms with van der Waals surface area (Å²) in [5, 5.41) is 9.21. The van der Waals surface area contributed by atoms with E-state index in [2.05, 4.69) is 0 Å². The molecule has 0 aliphatic heterocycles. The molecule has 18 heavy (non-hydrogen) atoms. The minimum Gasteiger partial charge on any atom is -0.481 e. The fourth-order valence-electron chi connectivity index (χ4n) is 1.84. The maximum Gasteiger partial charge on any atom is 0.315 e. The third-order valence-electron chi connectivity index (χ3n) is 2.65. The first-order chi connectivity index (χ1) is 8.59. The lowest BCUT2D eigenvalue weighted by atomic mass is 9.91. The first kappa shape index (κ1) is 12.2. The molecule has 2 rings (SSSR count). The molecule has 2 aromatic rings. The van der Waals surface area contributed by atoms with Gasteiger partial charge in [0, 0.05) is 11.6 Å². The number of carbonyl (C=O) groups is 1. The lowest BCUT2D eigenvalue weighted by Gasteiger charge is -2.14. The summed E-state index contributed by atoms with van der Waals surface area (Å²) in [6, 6.07) is 11.2. The summed E-state index contributed by atoms with van der Waals surface area (Å²) in [5.41, 5.74) is 0.408. The third kappa shape index (κ3) is 2.37. The van der Waals surface area contributed by atoms with Gasteiger partial charge < -0.3 is 5.11 Å². The van der Waals surface area contributed by atoms with E-state index in [0.29, 0.717) is 11.6 Å². The van der Waals surface area contributed by atoms with Gasteiger partial charge in [0.1, 0.15) is 17.6 Å². The average Bonchev–Trinajstić information content (AvgIpc) is 2.33. The molecule has 0 aromatic heterocycles. The van der Waals surface area contributed by atoms with Gasteiger partial charge in [-0.05, 0) is 11.6 Å². The van der Waals surface area contributed by atoms with E-state index in [1.807, 2.05) is 0 Å². The van der Waals surface area contributed by atoms with Crippen LogP contribution in [-0.4, -0.2) is 11.1 Å². The second kappa shape index (κ2) is 4.96. The highest BCUT2D eigenvalue weighted by Gasteiger charge is 2.25. The van der Waals surface area contributed by atoms with Crippen LogP contribution in [0.1, 0.15) is 17.0 Å². The summed E-state index contributed by atoms with van der Waals surface area (Å²) in [7, 11) is 0. The molecule has 1 atom stereocenters. The molecule has 0 spiro atoms. The number of aliphatic carboxylic acids is 1. The Morgan fingerprint density at radius 2 is 1.72 bits per heavy atom. The highest BCUT2D eigenvalue weighted by Crippen LogP contribution is 2.27. The number of carboxylic acid groups (broad SMARTS) is 1. The van der Waals surface area contributed by atoms with Crippen LogP contribution >= 0.6 is 0 Å². The second-order valence-corrected chi connectivity index (χ2v) is 3.85. The Hall–Kier alpha value is -2.23. The van der Waals surface area contributed by atoms with Gasteiger partial charge in [-0.3, -0.25) is 4.79 Å². The number of rotatable bonds is 3. The molecular formula is C14H10F2O2. The molecule has 2 nitrogen and oxygen atoms in total. The molecular weight excluding hydrogens is 238 g/mol. The quantitative estimate of drug-likeness (QED) is 0.905. The van der Waals surface area contributed by atoms with Crippen LogP contribution in [0.15, 0.2) is 48.5 Å². The molecule has 0 saturated carbocycles. The Morgan fingerprint density at radius 3 is 2.28 bits per heavy atom. The number of hydrogen-bond acceptors (Lipinski definition) is 1. The van der Waals surface area contributed by atoms with E-state index < -0.39 is 23.5 Å². The molecule has 0 aliphatic carbocycles. The van der Waals surface area contributed by atoms with Crippen molar-refractivity contribution in [2.45, 2.75) is 5.92 Å². The molecule has 0 fully saturated rings. The molecule has 0 heterocycles. The van der Waals surface area contributed by atoms with Crippen LogP contribution in [0.2, 0.25) is 0 Å². The zero-order valence-corrected chi connectivity index (χ0v) is 9.31. The Kier molecular flexibility index (Phi) is 3.37. The van der Waals surface area contributed by atoms with Gasteiger partial charge in [-0.1, -0.05) is 36.4 Å². The van der Waals surface area contributed by atoms with Gasteiger partial charge in [0.2, 0.25) is 0 Å². The SMILES string of the molecule is O=C(O)C(c1ccccc1)c1ccc(F)cc1F. The van der Waals surface area contributed by atoms with Crippen LogP contribution in [0.4, 0.5) is 8.78 Å². The maximum absolute atomic E-state index is 13.6. The minimum absolute atomic E-state index is 0.0462. The molecule has 0 saturated heterocycles. The highest BCUT2D eigenvalue weighted by molar-refractivity contribution is 5.80. The van der Waals surface area contributed by atoms with E-state index in [4.69, 9.17) is 0 Å². The van der Waals surface area contributed by atoms with Crippen molar-refractivity contribution in [3.05, 3.63) is 71.3 Å². The third-order valence-corrected chi connectivity index (χ3v) is 2.65. The fraction of sp³-hybridized carbons (Fsp3) is 0.0714. The zero-order chi connectivity index (χ0) is 13.1. The van der Waals surface area contributed by atoms with Crippen LogP contribution in [0.25, 0.3) is 0 Å². The predicted octanol–water partition coefficient (Wildman–Crippen LogP) is 3.18. The van der Waals surface area contributed by atoms with Crippen LogP contribution in [0.3, 0.4) is 0 Å². The maximum atomic E-state index is 13.6. The monoisotopic (exact) mass is 248 g/mol. The van der Waals surface area contributed by atoms with Crippen molar-refractivity contribution in [2.75, 3.05) is 0 Å². The number of carboxylic acids is 1. The van der Waals surface area contributed by atoms with E-state index in [9.17, 15) is 18.7 Å². The van der Waals surface area contributed by atoms with Gasteiger partial charge in [0.25, 0.3) is 0 Å².